The number of rotatable bonds is 6. The molecule has 1 aromatic carbocycles. The molecule has 0 atom stereocenters. The smallest absolute Gasteiger partial charge is 0.343 e. The number of aromatic nitrogens is 3. The largest absolute Gasteiger partial charge is 0.507 e. The molecule has 1 aliphatic carbocycles. The number of aromatic hydroxyl groups is 1. The van der Waals surface area contributed by atoms with Crippen LogP contribution in [0.1, 0.15) is 53.6 Å². The summed E-state index contributed by atoms with van der Waals surface area (Å²) in [5.41, 5.74) is 1.78. The van der Waals surface area contributed by atoms with Crippen LogP contribution in [0.4, 0.5) is 10.2 Å². The first-order valence-corrected chi connectivity index (χ1v) is 9.33. The van der Waals surface area contributed by atoms with Crippen molar-refractivity contribution >= 4 is 17.4 Å². The summed E-state index contributed by atoms with van der Waals surface area (Å²) < 4.78 is 20.5. The first-order chi connectivity index (χ1) is 13.6. The quantitative estimate of drug-likeness (QED) is 0.631. The number of carbonyl (C=O) groups is 1. The molecule has 0 bridgehead atoms. The number of hydrogen-bond donors (Lipinski definition) is 2. The van der Waals surface area contributed by atoms with Gasteiger partial charge in [-0.25, -0.2) is 18.7 Å². The Bertz CT molecular complexity index is 1030. The summed E-state index contributed by atoms with van der Waals surface area (Å²) in [6.07, 6.45) is 6.12. The molecule has 1 aliphatic rings. The predicted molar refractivity (Wildman–Crippen MR) is 101 cm³/mol. The van der Waals surface area contributed by atoms with Crippen LogP contribution in [0.2, 0.25) is 0 Å². The number of anilines is 1. The zero-order valence-corrected chi connectivity index (χ0v) is 15.5. The minimum absolute atomic E-state index is 0.135. The van der Waals surface area contributed by atoms with Crippen LogP contribution in [0.25, 0.3) is 5.65 Å². The van der Waals surface area contributed by atoms with Crippen LogP contribution < -0.4 is 5.32 Å². The Morgan fingerprint density at radius 3 is 2.96 bits per heavy atom. The summed E-state index contributed by atoms with van der Waals surface area (Å²) in [4.78, 5) is 16.4. The molecule has 7 nitrogen and oxygen atoms in total. The minimum atomic E-state index is -0.491. The van der Waals surface area contributed by atoms with Crippen molar-refractivity contribution in [2.45, 2.75) is 38.6 Å². The third-order valence-corrected chi connectivity index (χ3v) is 5.05. The zero-order chi connectivity index (χ0) is 19.7. The Balaban J connectivity index is 1.57. The highest BCUT2D eigenvalue weighted by atomic mass is 19.1. The summed E-state index contributed by atoms with van der Waals surface area (Å²) in [7, 11) is 0. The molecule has 3 aromatic rings. The molecule has 0 spiro atoms. The number of esters is 1. The summed E-state index contributed by atoms with van der Waals surface area (Å²) in [5, 5.41) is 17.7. The number of hydrogen-bond acceptors (Lipinski definition) is 6. The van der Waals surface area contributed by atoms with Crippen molar-refractivity contribution in [3.05, 3.63) is 53.1 Å². The normalized spacial score (nSPS) is 14.1. The highest BCUT2D eigenvalue weighted by molar-refractivity contribution is 5.95. The molecule has 8 heteroatoms. The molecule has 1 saturated carbocycles. The number of halogens is 1. The maximum atomic E-state index is 14.0. The zero-order valence-electron chi connectivity index (χ0n) is 15.5. The number of fused-ring (bicyclic) bond motifs is 1. The van der Waals surface area contributed by atoms with Gasteiger partial charge in [-0.1, -0.05) is 6.42 Å². The van der Waals surface area contributed by atoms with E-state index >= 15 is 0 Å². The van der Waals surface area contributed by atoms with Crippen molar-refractivity contribution in [3.8, 4) is 5.75 Å². The van der Waals surface area contributed by atoms with E-state index in [0.717, 1.165) is 19.3 Å². The molecule has 0 saturated heterocycles. The molecule has 146 valence electrons. The van der Waals surface area contributed by atoms with Crippen LogP contribution in [-0.2, 0) is 11.3 Å². The van der Waals surface area contributed by atoms with Gasteiger partial charge in [0.15, 0.2) is 5.65 Å². The lowest BCUT2D eigenvalue weighted by molar-refractivity contribution is 0.0528. The van der Waals surface area contributed by atoms with E-state index in [4.69, 9.17) is 4.74 Å². The van der Waals surface area contributed by atoms with Gasteiger partial charge in [-0.05, 0) is 43.9 Å². The number of benzene rings is 1. The molecule has 0 amide bonds. The topological polar surface area (TPSA) is 88.8 Å². The highest BCUT2D eigenvalue weighted by Gasteiger charge is 2.24. The molecular weight excluding hydrogens is 363 g/mol. The average Bonchev–Trinajstić information content (AvgIpc) is 3.05. The summed E-state index contributed by atoms with van der Waals surface area (Å²) in [6, 6.07) is 4.44. The maximum absolute atomic E-state index is 14.0. The van der Waals surface area contributed by atoms with Crippen LogP contribution >= 0.6 is 0 Å². The fourth-order valence-electron chi connectivity index (χ4n) is 3.35. The lowest BCUT2D eigenvalue weighted by Crippen LogP contribution is -2.11. The van der Waals surface area contributed by atoms with E-state index in [9.17, 15) is 14.3 Å². The molecule has 2 heterocycles. The Hall–Kier alpha value is -3.16. The molecule has 0 aliphatic heterocycles. The Kier molecular flexibility index (Phi) is 4.85. The van der Waals surface area contributed by atoms with Gasteiger partial charge in [0.2, 0.25) is 0 Å². The van der Waals surface area contributed by atoms with E-state index in [2.05, 4.69) is 15.4 Å². The minimum Gasteiger partial charge on any atom is -0.507 e. The molecule has 2 aromatic heterocycles. The SMILES string of the molecule is CCOC(=O)c1cnn2ccc(NCc3cc(F)cc(C4CCC4)c3O)nc12. The van der Waals surface area contributed by atoms with Gasteiger partial charge in [-0.15, -0.1) is 0 Å². The van der Waals surface area contributed by atoms with Crippen molar-refractivity contribution in [1.82, 2.24) is 14.6 Å². The number of nitrogens with one attached hydrogen (secondary N) is 1. The number of phenolic OH excluding ortho intramolecular Hbond substituents is 1. The third kappa shape index (κ3) is 3.37. The van der Waals surface area contributed by atoms with Crippen LogP contribution in [0, 0.1) is 5.82 Å². The van der Waals surface area contributed by atoms with Gasteiger partial charge in [-0.2, -0.15) is 5.10 Å². The Morgan fingerprint density at radius 1 is 1.43 bits per heavy atom. The molecule has 2 N–H and O–H groups in total. The lowest BCUT2D eigenvalue weighted by Gasteiger charge is -2.27. The fourth-order valence-corrected chi connectivity index (χ4v) is 3.35. The van der Waals surface area contributed by atoms with Crippen LogP contribution in [0.15, 0.2) is 30.6 Å². The van der Waals surface area contributed by atoms with E-state index < -0.39 is 5.97 Å². The summed E-state index contributed by atoms with van der Waals surface area (Å²) >= 11 is 0. The Labute approximate surface area is 161 Å². The van der Waals surface area contributed by atoms with Crippen LogP contribution in [0.3, 0.4) is 0 Å². The number of phenols is 1. The van der Waals surface area contributed by atoms with Gasteiger partial charge < -0.3 is 15.2 Å². The Morgan fingerprint density at radius 2 is 2.25 bits per heavy atom. The maximum Gasteiger partial charge on any atom is 0.343 e. The van der Waals surface area contributed by atoms with Crippen molar-refractivity contribution in [3.63, 3.8) is 0 Å². The van der Waals surface area contributed by atoms with Gasteiger partial charge in [0.1, 0.15) is 22.9 Å². The highest BCUT2D eigenvalue weighted by Crippen LogP contribution is 2.42. The molecule has 0 radical (unpaired) electrons. The average molecular weight is 384 g/mol. The second kappa shape index (κ2) is 7.46. The van der Waals surface area contributed by atoms with Crippen LogP contribution in [-0.4, -0.2) is 32.3 Å². The summed E-state index contributed by atoms with van der Waals surface area (Å²) in [5.74, 6) is -0.0122. The summed E-state index contributed by atoms with van der Waals surface area (Å²) in [6.45, 7) is 2.19. The molecule has 4 rings (SSSR count). The predicted octanol–water partition coefficient (Wildman–Crippen LogP) is 3.63. The molecular formula is C20H21FN4O3. The monoisotopic (exact) mass is 384 g/mol. The second-order valence-corrected chi connectivity index (χ2v) is 6.84. The van der Waals surface area contributed by atoms with E-state index in [0.29, 0.717) is 22.6 Å². The standard InChI is InChI=1S/C20H21FN4O3/c1-2-28-20(27)16-11-23-25-7-6-17(24-19(16)25)22-10-13-8-14(21)9-15(18(13)26)12-4-3-5-12/h6-9,11-12,26H,2-5,10H2,1H3,(H,22,24). The number of nitrogens with zero attached hydrogens (tertiary/aromatic N) is 3. The van der Waals surface area contributed by atoms with Gasteiger partial charge >= 0.3 is 5.97 Å². The van der Waals surface area contributed by atoms with E-state index in [1.54, 1.807) is 19.2 Å². The fraction of sp³-hybridized carbons (Fsp3) is 0.350. The molecule has 28 heavy (non-hydrogen) atoms. The van der Waals surface area contributed by atoms with E-state index in [1.807, 2.05) is 0 Å². The van der Waals surface area contributed by atoms with Crippen molar-refractivity contribution in [1.29, 1.82) is 0 Å². The van der Waals surface area contributed by atoms with Crippen molar-refractivity contribution in [2.75, 3.05) is 11.9 Å². The van der Waals surface area contributed by atoms with Gasteiger partial charge in [0.05, 0.1) is 12.8 Å². The van der Waals surface area contributed by atoms with E-state index in [1.165, 1.54) is 22.8 Å². The third-order valence-electron chi connectivity index (χ3n) is 5.05. The first-order valence-electron chi connectivity index (χ1n) is 9.33. The molecule has 1 fully saturated rings. The second-order valence-electron chi connectivity index (χ2n) is 6.84. The first kappa shape index (κ1) is 18.2. The van der Waals surface area contributed by atoms with Crippen LogP contribution in [0.5, 0.6) is 5.75 Å². The van der Waals surface area contributed by atoms with Crippen molar-refractivity contribution < 1.29 is 19.0 Å². The molecule has 0 unspecified atom stereocenters. The number of carbonyl (C=O) groups excluding carboxylic acids is 1. The van der Waals surface area contributed by atoms with Gasteiger partial charge in [-0.3, -0.25) is 0 Å². The number of ether oxygens (including phenoxy) is 1. The van der Waals surface area contributed by atoms with Crippen molar-refractivity contribution in [2.24, 2.45) is 0 Å². The van der Waals surface area contributed by atoms with Gasteiger partial charge in [0, 0.05) is 23.9 Å². The van der Waals surface area contributed by atoms with Gasteiger partial charge in [0.25, 0.3) is 0 Å². The van der Waals surface area contributed by atoms with E-state index in [-0.39, 0.29) is 36.2 Å². The lowest BCUT2D eigenvalue weighted by atomic mass is 9.79.